The average Bonchev–Trinajstić information content (AvgIpc) is 2.91. The Morgan fingerprint density at radius 1 is 1.22 bits per heavy atom. The summed E-state index contributed by atoms with van der Waals surface area (Å²) in [5.74, 6) is -0.264. The molecule has 128 valence electrons. The maximum absolute atomic E-state index is 11.9. The molecule has 1 aliphatic rings. The first-order valence-electron chi connectivity index (χ1n) is 7.75. The molecule has 0 radical (unpaired) electrons. The van der Waals surface area contributed by atoms with Gasteiger partial charge >= 0.3 is 6.03 Å². The number of nitrogens with one attached hydrogen (secondary N) is 2. The lowest BCUT2D eigenvalue weighted by molar-refractivity contribution is -0.121. The number of nitrogens with zero attached hydrogens (tertiary/aromatic N) is 3. The van der Waals surface area contributed by atoms with Crippen molar-refractivity contribution in [3.05, 3.63) is 16.6 Å². The molecule has 2 rings (SSSR count). The number of carbonyl (C=O) groups is 2. The van der Waals surface area contributed by atoms with Gasteiger partial charge in [-0.25, -0.2) is 9.78 Å². The highest BCUT2D eigenvalue weighted by atomic mass is 32.1. The topological polar surface area (TPSA) is 77.6 Å². The van der Waals surface area contributed by atoms with Crippen molar-refractivity contribution in [2.24, 2.45) is 0 Å². The van der Waals surface area contributed by atoms with Crippen LogP contribution in [0.2, 0.25) is 0 Å². The van der Waals surface area contributed by atoms with Crippen LogP contribution >= 0.6 is 11.3 Å². The molecule has 7 nitrogen and oxygen atoms in total. The summed E-state index contributed by atoms with van der Waals surface area (Å²) in [4.78, 5) is 32.3. The Morgan fingerprint density at radius 2 is 1.87 bits per heavy atom. The smallest absolute Gasteiger partial charge is 0.321 e. The molecule has 1 aromatic heterocycles. The quantitative estimate of drug-likeness (QED) is 0.852. The highest BCUT2D eigenvalue weighted by Gasteiger charge is 2.21. The van der Waals surface area contributed by atoms with Crippen molar-refractivity contribution in [2.75, 3.05) is 32.7 Å². The fourth-order valence-electron chi connectivity index (χ4n) is 2.39. The Kier molecular flexibility index (Phi) is 6.09. The van der Waals surface area contributed by atoms with Crippen LogP contribution < -0.4 is 10.6 Å². The summed E-state index contributed by atoms with van der Waals surface area (Å²) in [5.41, 5.74) is 2.59. The van der Waals surface area contributed by atoms with Gasteiger partial charge in [0, 0.05) is 43.6 Å². The van der Waals surface area contributed by atoms with E-state index < -0.39 is 6.03 Å². The van der Waals surface area contributed by atoms with Crippen LogP contribution in [0.1, 0.15) is 26.5 Å². The maximum Gasteiger partial charge on any atom is 0.321 e. The number of carbonyl (C=O) groups excluding carboxylic acids is 2. The number of rotatable bonds is 4. The van der Waals surface area contributed by atoms with E-state index in [1.54, 1.807) is 11.3 Å². The van der Waals surface area contributed by atoms with E-state index in [2.05, 4.69) is 30.8 Å². The van der Waals surface area contributed by atoms with Crippen molar-refractivity contribution in [1.29, 1.82) is 0 Å². The third kappa shape index (κ3) is 6.64. The summed E-state index contributed by atoms with van der Waals surface area (Å²) >= 11 is 1.61. The molecule has 0 saturated carbocycles. The zero-order valence-corrected chi connectivity index (χ0v) is 14.8. The van der Waals surface area contributed by atoms with Crippen LogP contribution in [0, 0.1) is 0 Å². The molecule has 3 amide bonds. The molecule has 1 aromatic rings. The van der Waals surface area contributed by atoms with E-state index in [9.17, 15) is 9.59 Å². The second-order valence-electron chi connectivity index (χ2n) is 6.78. The fraction of sp³-hybridized carbons (Fsp3) is 0.667. The molecule has 2 heterocycles. The maximum atomic E-state index is 11.9. The fourth-order valence-corrected chi connectivity index (χ4v) is 2.94. The van der Waals surface area contributed by atoms with E-state index in [4.69, 9.17) is 0 Å². The molecule has 0 spiro atoms. The molecular weight excluding hydrogens is 314 g/mol. The van der Waals surface area contributed by atoms with Crippen LogP contribution in [0.15, 0.2) is 10.9 Å². The van der Waals surface area contributed by atoms with Crippen LogP contribution in [0.4, 0.5) is 4.79 Å². The van der Waals surface area contributed by atoms with Gasteiger partial charge in [-0.1, -0.05) is 0 Å². The van der Waals surface area contributed by atoms with Gasteiger partial charge in [0.25, 0.3) is 0 Å². The van der Waals surface area contributed by atoms with Gasteiger partial charge in [-0.2, -0.15) is 0 Å². The molecule has 0 atom stereocenters. The van der Waals surface area contributed by atoms with E-state index in [1.807, 2.05) is 26.3 Å². The first-order chi connectivity index (χ1) is 10.8. The highest BCUT2D eigenvalue weighted by Crippen LogP contribution is 2.08. The van der Waals surface area contributed by atoms with Gasteiger partial charge in [0.1, 0.15) is 0 Å². The Hall–Kier alpha value is -1.51. The molecule has 1 fully saturated rings. The molecule has 0 unspecified atom stereocenters. The van der Waals surface area contributed by atoms with Crippen LogP contribution in [0.5, 0.6) is 0 Å². The third-order valence-electron chi connectivity index (χ3n) is 3.44. The van der Waals surface area contributed by atoms with Crippen molar-refractivity contribution in [3.8, 4) is 0 Å². The van der Waals surface area contributed by atoms with Gasteiger partial charge in [-0.05, 0) is 20.8 Å². The first-order valence-corrected chi connectivity index (χ1v) is 8.70. The summed E-state index contributed by atoms with van der Waals surface area (Å²) in [6.45, 7) is 10.2. The summed E-state index contributed by atoms with van der Waals surface area (Å²) in [6.07, 6.45) is 0. The zero-order valence-electron chi connectivity index (χ0n) is 14.0. The Balaban J connectivity index is 1.67. The number of amides is 3. The van der Waals surface area contributed by atoms with E-state index >= 15 is 0 Å². The van der Waals surface area contributed by atoms with Gasteiger partial charge in [-0.3, -0.25) is 19.9 Å². The minimum atomic E-state index is -0.440. The standard InChI is InChI=1S/C15H25N5O2S/c1-15(2,3)18-14(22)17-13(21)9-20-6-4-19(5-7-20)8-12-10-23-11-16-12/h10-11H,4-9H2,1-3H3,(H2,17,18,21,22). The predicted octanol–water partition coefficient (Wildman–Crippen LogP) is 0.885. The summed E-state index contributed by atoms with van der Waals surface area (Å²) < 4.78 is 0. The largest absolute Gasteiger partial charge is 0.333 e. The molecule has 1 aliphatic heterocycles. The van der Waals surface area contributed by atoms with E-state index in [0.29, 0.717) is 0 Å². The molecule has 0 bridgehead atoms. The Labute approximate surface area is 141 Å². The number of urea groups is 1. The lowest BCUT2D eigenvalue weighted by Gasteiger charge is -2.33. The summed E-state index contributed by atoms with van der Waals surface area (Å²) in [7, 11) is 0. The minimum absolute atomic E-state index is 0.252. The lowest BCUT2D eigenvalue weighted by Crippen LogP contribution is -2.52. The molecule has 0 aliphatic carbocycles. The van der Waals surface area contributed by atoms with Gasteiger partial charge in [-0.15, -0.1) is 11.3 Å². The van der Waals surface area contributed by atoms with Crippen LogP contribution in [-0.2, 0) is 11.3 Å². The lowest BCUT2D eigenvalue weighted by atomic mass is 10.1. The molecule has 8 heteroatoms. The monoisotopic (exact) mass is 339 g/mol. The minimum Gasteiger partial charge on any atom is -0.333 e. The number of thiazole rings is 1. The van der Waals surface area contributed by atoms with Gasteiger partial charge in [0.05, 0.1) is 17.7 Å². The van der Waals surface area contributed by atoms with Crippen LogP contribution in [0.25, 0.3) is 0 Å². The summed E-state index contributed by atoms with van der Waals surface area (Å²) in [6, 6.07) is -0.440. The molecule has 1 saturated heterocycles. The first kappa shape index (κ1) is 17.8. The Bertz CT molecular complexity index is 518. The van der Waals surface area contributed by atoms with Gasteiger partial charge in [0.15, 0.2) is 0 Å². The molecule has 23 heavy (non-hydrogen) atoms. The van der Waals surface area contributed by atoms with Crippen molar-refractivity contribution in [1.82, 2.24) is 25.4 Å². The van der Waals surface area contributed by atoms with Crippen molar-refractivity contribution < 1.29 is 9.59 Å². The number of imide groups is 1. The second-order valence-corrected chi connectivity index (χ2v) is 7.50. The predicted molar refractivity (Wildman–Crippen MR) is 90.3 cm³/mol. The zero-order chi connectivity index (χ0) is 16.9. The van der Waals surface area contributed by atoms with E-state index in [-0.39, 0.29) is 18.0 Å². The van der Waals surface area contributed by atoms with Gasteiger partial charge in [0.2, 0.25) is 5.91 Å². The van der Waals surface area contributed by atoms with Crippen LogP contribution in [-0.4, -0.2) is 65.0 Å². The number of piperazine rings is 1. The van der Waals surface area contributed by atoms with E-state index in [0.717, 1.165) is 38.4 Å². The van der Waals surface area contributed by atoms with Crippen molar-refractivity contribution in [2.45, 2.75) is 32.9 Å². The number of hydrogen-bond acceptors (Lipinski definition) is 6. The van der Waals surface area contributed by atoms with Crippen molar-refractivity contribution in [3.63, 3.8) is 0 Å². The second kappa shape index (κ2) is 7.85. The number of aromatic nitrogens is 1. The van der Waals surface area contributed by atoms with Crippen molar-refractivity contribution >= 4 is 23.3 Å². The molecular formula is C15H25N5O2S. The SMILES string of the molecule is CC(C)(C)NC(=O)NC(=O)CN1CCN(Cc2cscn2)CC1. The summed E-state index contributed by atoms with van der Waals surface area (Å²) in [5, 5.41) is 7.16. The van der Waals surface area contributed by atoms with Crippen LogP contribution in [0.3, 0.4) is 0 Å². The molecule has 2 N–H and O–H groups in total. The third-order valence-corrected chi connectivity index (χ3v) is 4.08. The van der Waals surface area contributed by atoms with E-state index in [1.165, 1.54) is 0 Å². The highest BCUT2D eigenvalue weighted by molar-refractivity contribution is 7.07. The Morgan fingerprint density at radius 3 is 2.43 bits per heavy atom. The number of hydrogen-bond donors (Lipinski definition) is 2. The van der Waals surface area contributed by atoms with Gasteiger partial charge < -0.3 is 5.32 Å². The average molecular weight is 339 g/mol. The normalized spacial score (nSPS) is 17.0. The molecule has 0 aromatic carbocycles.